The average Bonchev–Trinajstić information content (AvgIpc) is 3.23. The number of benzene rings is 2. The summed E-state index contributed by atoms with van der Waals surface area (Å²) in [5.74, 6) is 0.679. The molecule has 2 heterocycles. The summed E-state index contributed by atoms with van der Waals surface area (Å²) in [6, 6.07) is 13.9. The molecular weight excluding hydrogens is 465 g/mol. The van der Waals surface area contributed by atoms with Gasteiger partial charge < -0.3 is 14.6 Å². The summed E-state index contributed by atoms with van der Waals surface area (Å²) in [6.07, 6.45) is 0.224. The van der Waals surface area contributed by atoms with Gasteiger partial charge in [0.25, 0.3) is 0 Å². The van der Waals surface area contributed by atoms with E-state index in [1.165, 1.54) is 31.6 Å². The molecule has 0 saturated heterocycles. The molecule has 0 aliphatic rings. The molecule has 2 aromatic carbocycles. The lowest BCUT2D eigenvalue weighted by atomic mass is 9.99. The standard InChI is InChI=1S/C28H28FNO4S/c1-5-17-13-21(24(32)11-10-23(31)18-9-12-25(33-3)26(15-18)34-4)30-22(14-17)27-16(2)35-28-19(27)7-6-8-20(28)29/h6-9,12-15,24,32H,5,10-11H2,1-4H3. The fraction of sp³-hybridized carbons (Fsp3) is 0.286. The lowest BCUT2D eigenvalue weighted by molar-refractivity contribution is 0.0937. The minimum atomic E-state index is -0.911. The Kier molecular flexibility index (Phi) is 7.48. The first kappa shape index (κ1) is 24.8. The maximum atomic E-state index is 14.4. The van der Waals surface area contributed by atoms with Crippen LogP contribution in [0.2, 0.25) is 0 Å². The third kappa shape index (κ3) is 5.06. The number of aliphatic hydroxyl groups excluding tert-OH is 1. The minimum absolute atomic E-state index is 0.105. The van der Waals surface area contributed by atoms with Gasteiger partial charge in [-0.15, -0.1) is 11.3 Å². The summed E-state index contributed by atoms with van der Waals surface area (Å²) in [6.45, 7) is 3.99. The first-order chi connectivity index (χ1) is 16.9. The van der Waals surface area contributed by atoms with Gasteiger partial charge in [0.2, 0.25) is 0 Å². The number of pyridine rings is 1. The molecule has 0 fully saturated rings. The van der Waals surface area contributed by atoms with Gasteiger partial charge in [0.15, 0.2) is 17.3 Å². The summed E-state index contributed by atoms with van der Waals surface area (Å²) in [5.41, 5.74) is 3.61. The number of carbonyl (C=O) groups is 1. The number of Topliss-reactive ketones (excluding diaryl/α,β-unsaturated/α-hetero) is 1. The van der Waals surface area contributed by atoms with E-state index in [0.29, 0.717) is 33.2 Å². The number of thiophene rings is 1. The molecule has 7 heteroatoms. The van der Waals surface area contributed by atoms with Crippen molar-refractivity contribution >= 4 is 27.2 Å². The summed E-state index contributed by atoms with van der Waals surface area (Å²) in [5, 5.41) is 11.8. The van der Waals surface area contributed by atoms with Crippen LogP contribution in [-0.2, 0) is 6.42 Å². The number of nitrogens with zero attached hydrogens (tertiary/aromatic N) is 1. The van der Waals surface area contributed by atoms with E-state index in [9.17, 15) is 14.3 Å². The highest BCUT2D eigenvalue weighted by Crippen LogP contribution is 2.39. The van der Waals surface area contributed by atoms with Crippen molar-refractivity contribution in [2.24, 2.45) is 0 Å². The highest BCUT2D eigenvalue weighted by molar-refractivity contribution is 7.19. The van der Waals surface area contributed by atoms with Crippen LogP contribution in [0.4, 0.5) is 4.39 Å². The second-order valence-electron chi connectivity index (χ2n) is 8.34. The predicted octanol–water partition coefficient (Wildman–Crippen LogP) is 6.69. The molecular formula is C28H28FNO4S. The van der Waals surface area contributed by atoms with Crippen LogP contribution in [0.15, 0.2) is 48.5 Å². The number of ketones is 1. The van der Waals surface area contributed by atoms with Crippen LogP contribution in [0, 0.1) is 12.7 Å². The minimum Gasteiger partial charge on any atom is -0.493 e. The second-order valence-corrected chi connectivity index (χ2v) is 9.56. The van der Waals surface area contributed by atoms with Crippen molar-refractivity contribution in [2.45, 2.75) is 39.2 Å². The molecule has 1 unspecified atom stereocenters. The van der Waals surface area contributed by atoms with Crippen molar-refractivity contribution in [3.05, 3.63) is 76.0 Å². The van der Waals surface area contributed by atoms with Crippen LogP contribution in [-0.4, -0.2) is 30.1 Å². The van der Waals surface area contributed by atoms with Gasteiger partial charge in [-0.05, 0) is 61.7 Å². The van der Waals surface area contributed by atoms with E-state index in [2.05, 4.69) is 0 Å². The molecule has 1 atom stereocenters. The Bertz CT molecular complexity index is 1380. The number of hydrogen-bond acceptors (Lipinski definition) is 6. The molecule has 0 aliphatic carbocycles. The van der Waals surface area contributed by atoms with E-state index >= 15 is 0 Å². The zero-order chi connectivity index (χ0) is 25.1. The van der Waals surface area contributed by atoms with Crippen molar-refractivity contribution in [3.63, 3.8) is 0 Å². The Morgan fingerprint density at radius 3 is 2.60 bits per heavy atom. The third-order valence-electron chi connectivity index (χ3n) is 6.10. The number of aromatic nitrogens is 1. The molecule has 4 rings (SSSR count). The van der Waals surface area contributed by atoms with Crippen molar-refractivity contribution < 1.29 is 23.8 Å². The number of aryl methyl sites for hydroxylation is 2. The van der Waals surface area contributed by atoms with Gasteiger partial charge in [0, 0.05) is 27.8 Å². The fourth-order valence-electron chi connectivity index (χ4n) is 4.21. The number of rotatable bonds is 9. The topological polar surface area (TPSA) is 68.7 Å². The van der Waals surface area contributed by atoms with E-state index in [-0.39, 0.29) is 24.4 Å². The van der Waals surface area contributed by atoms with Gasteiger partial charge in [-0.1, -0.05) is 19.1 Å². The van der Waals surface area contributed by atoms with Crippen LogP contribution < -0.4 is 9.47 Å². The SMILES string of the molecule is CCc1cc(-c2c(C)sc3c(F)cccc23)nc(C(O)CCC(=O)c2ccc(OC)c(OC)c2)c1. The molecule has 0 bridgehead atoms. The lowest BCUT2D eigenvalue weighted by Crippen LogP contribution is -2.07. The zero-order valence-electron chi connectivity index (χ0n) is 20.2. The second kappa shape index (κ2) is 10.5. The van der Waals surface area contributed by atoms with Crippen LogP contribution in [0.1, 0.15) is 52.4 Å². The van der Waals surface area contributed by atoms with Crippen LogP contribution in [0.25, 0.3) is 21.3 Å². The maximum absolute atomic E-state index is 14.4. The first-order valence-electron chi connectivity index (χ1n) is 11.5. The Hall–Kier alpha value is -3.29. The lowest BCUT2D eigenvalue weighted by Gasteiger charge is -2.14. The van der Waals surface area contributed by atoms with Crippen LogP contribution >= 0.6 is 11.3 Å². The number of ether oxygens (including phenoxy) is 2. The first-order valence-corrected chi connectivity index (χ1v) is 12.3. The van der Waals surface area contributed by atoms with Crippen molar-refractivity contribution in [1.82, 2.24) is 4.98 Å². The number of halogens is 1. The third-order valence-corrected chi connectivity index (χ3v) is 7.23. The molecule has 0 spiro atoms. The molecule has 0 radical (unpaired) electrons. The van der Waals surface area contributed by atoms with E-state index in [1.807, 2.05) is 32.0 Å². The molecule has 0 saturated carbocycles. The number of methoxy groups -OCH3 is 2. The summed E-state index contributed by atoms with van der Waals surface area (Å²) in [4.78, 5) is 18.5. The largest absolute Gasteiger partial charge is 0.493 e. The van der Waals surface area contributed by atoms with E-state index < -0.39 is 6.10 Å². The van der Waals surface area contributed by atoms with Crippen LogP contribution in [0.5, 0.6) is 11.5 Å². The van der Waals surface area contributed by atoms with Gasteiger partial charge >= 0.3 is 0 Å². The number of carbonyl (C=O) groups excluding carboxylic acids is 1. The van der Waals surface area contributed by atoms with Crippen molar-refractivity contribution in [1.29, 1.82) is 0 Å². The quantitative estimate of drug-likeness (QED) is 0.263. The Morgan fingerprint density at radius 1 is 1.11 bits per heavy atom. The highest BCUT2D eigenvalue weighted by atomic mass is 32.1. The molecule has 182 valence electrons. The smallest absolute Gasteiger partial charge is 0.163 e. The summed E-state index contributed by atoms with van der Waals surface area (Å²) >= 11 is 1.40. The van der Waals surface area contributed by atoms with Gasteiger partial charge in [0.05, 0.1) is 36.4 Å². The number of aliphatic hydroxyl groups is 1. The van der Waals surface area contributed by atoms with Gasteiger partial charge in [-0.3, -0.25) is 4.79 Å². The van der Waals surface area contributed by atoms with Crippen LogP contribution in [0.3, 0.4) is 0 Å². The number of hydrogen-bond donors (Lipinski definition) is 1. The molecule has 0 aliphatic heterocycles. The van der Waals surface area contributed by atoms with Crippen molar-refractivity contribution in [3.8, 4) is 22.8 Å². The molecule has 0 amide bonds. The molecule has 4 aromatic rings. The zero-order valence-corrected chi connectivity index (χ0v) is 21.0. The molecule has 2 aromatic heterocycles. The summed E-state index contributed by atoms with van der Waals surface area (Å²) in [7, 11) is 3.06. The van der Waals surface area contributed by atoms with E-state index in [4.69, 9.17) is 14.5 Å². The molecule has 1 N–H and O–H groups in total. The fourth-order valence-corrected chi connectivity index (χ4v) is 5.27. The normalized spacial score (nSPS) is 12.1. The maximum Gasteiger partial charge on any atom is 0.163 e. The average molecular weight is 494 g/mol. The van der Waals surface area contributed by atoms with E-state index in [1.54, 1.807) is 24.3 Å². The Labute approximate surface area is 208 Å². The van der Waals surface area contributed by atoms with Gasteiger partial charge in [0.1, 0.15) is 5.82 Å². The Balaban J connectivity index is 1.59. The van der Waals surface area contributed by atoms with Gasteiger partial charge in [-0.25, -0.2) is 9.37 Å². The summed E-state index contributed by atoms with van der Waals surface area (Å²) < 4.78 is 25.5. The number of fused-ring (bicyclic) bond motifs is 1. The van der Waals surface area contributed by atoms with Gasteiger partial charge in [-0.2, -0.15) is 0 Å². The highest BCUT2D eigenvalue weighted by Gasteiger charge is 2.19. The Morgan fingerprint density at radius 2 is 1.89 bits per heavy atom. The molecule has 5 nitrogen and oxygen atoms in total. The monoisotopic (exact) mass is 493 g/mol. The predicted molar refractivity (Wildman–Crippen MR) is 137 cm³/mol. The van der Waals surface area contributed by atoms with E-state index in [0.717, 1.165) is 27.8 Å². The molecule has 35 heavy (non-hydrogen) atoms. The van der Waals surface area contributed by atoms with Crippen molar-refractivity contribution in [2.75, 3.05) is 14.2 Å².